The zero-order chi connectivity index (χ0) is 19.8. The Labute approximate surface area is 142 Å². The summed E-state index contributed by atoms with van der Waals surface area (Å²) in [7, 11) is 0. The van der Waals surface area contributed by atoms with E-state index in [1.807, 2.05) is 0 Å². The first-order chi connectivity index (χ1) is 11.9. The van der Waals surface area contributed by atoms with E-state index in [0.717, 1.165) is 0 Å². The molecule has 0 radical (unpaired) electrons. The minimum atomic E-state index is -5.78. The SMILES string of the molecule is O=C(O)Oc1ccc(C(c2ccc(O)cc2)(C(F)(F)F)C(F)(F)F)cc1. The molecule has 0 atom stereocenters. The summed E-state index contributed by atoms with van der Waals surface area (Å²) in [5.74, 6) is -0.942. The van der Waals surface area contributed by atoms with Gasteiger partial charge in [-0.25, -0.2) is 4.79 Å². The summed E-state index contributed by atoms with van der Waals surface area (Å²) in [6, 6.07) is 4.84. The van der Waals surface area contributed by atoms with E-state index in [2.05, 4.69) is 4.74 Å². The van der Waals surface area contributed by atoms with E-state index in [1.54, 1.807) is 0 Å². The molecule has 26 heavy (non-hydrogen) atoms. The number of alkyl halides is 6. The van der Waals surface area contributed by atoms with Crippen LogP contribution in [0.25, 0.3) is 0 Å². The zero-order valence-corrected chi connectivity index (χ0v) is 12.6. The number of hydrogen-bond donors (Lipinski definition) is 2. The third-order valence-electron chi connectivity index (χ3n) is 3.64. The number of halogens is 6. The van der Waals surface area contributed by atoms with Crippen LogP contribution < -0.4 is 4.74 Å². The van der Waals surface area contributed by atoms with Crippen LogP contribution in [-0.2, 0) is 5.41 Å². The number of hydrogen-bond acceptors (Lipinski definition) is 3. The first-order valence-electron chi connectivity index (χ1n) is 6.84. The standard InChI is InChI=1S/C16H10F6O4/c17-15(18,19)14(16(20,21)22,9-1-5-11(23)6-2-9)10-3-7-12(8-4-10)26-13(24)25/h1-8,23H,(H,24,25). The Bertz CT molecular complexity index is 764. The maximum Gasteiger partial charge on any atom is 0.511 e. The minimum absolute atomic E-state index is 0.440. The molecule has 0 spiro atoms. The zero-order valence-electron chi connectivity index (χ0n) is 12.6. The lowest BCUT2D eigenvalue weighted by molar-refractivity contribution is -0.288. The van der Waals surface area contributed by atoms with Crippen molar-refractivity contribution >= 4 is 6.16 Å². The number of carboxylic acid groups (broad SMARTS) is 1. The summed E-state index contributed by atoms with van der Waals surface area (Å²) in [5, 5.41) is 17.6. The third-order valence-corrected chi connectivity index (χ3v) is 3.64. The predicted octanol–water partition coefficient (Wildman–Crippen LogP) is 4.86. The van der Waals surface area contributed by atoms with Crippen LogP contribution in [0.2, 0.25) is 0 Å². The summed E-state index contributed by atoms with van der Waals surface area (Å²) in [6.07, 6.45) is -13.3. The van der Waals surface area contributed by atoms with Gasteiger partial charge in [0.05, 0.1) is 0 Å². The molecular weight excluding hydrogens is 370 g/mol. The number of phenols is 1. The van der Waals surface area contributed by atoms with Crippen LogP contribution in [0.5, 0.6) is 11.5 Å². The van der Waals surface area contributed by atoms with Gasteiger partial charge in [0.1, 0.15) is 11.5 Å². The van der Waals surface area contributed by atoms with Gasteiger partial charge in [0.25, 0.3) is 0 Å². The van der Waals surface area contributed by atoms with Gasteiger partial charge in [-0.15, -0.1) is 0 Å². The third kappa shape index (κ3) is 3.26. The van der Waals surface area contributed by atoms with Crippen molar-refractivity contribution < 1.29 is 46.1 Å². The number of rotatable bonds is 3. The molecule has 0 heterocycles. The summed E-state index contributed by atoms with van der Waals surface area (Å²) in [5.41, 5.74) is -6.71. The van der Waals surface area contributed by atoms with Crippen molar-refractivity contribution in [3.8, 4) is 11.5 Å². The largest absolute Gasteiger partial charge is 0.511 e. The van der Waals surface area contributed by atoms with Gasteiger partial charge in [0, 0.05) is 0 Å². The van der Waals surface area contributed by atoms with Crippen LogP contribution >= 0.6 is 0 Å². The van der Waals surface area contributed by atoms with Crippen LogP contribution in [0.15, 0.2) is 48.5 Å². The topological polar surface area (TPSA) is 66.8 Å². The summed E-state index contributed by atoms with van der Waals surface area (Å²) < 4.78 is 86.7. The number of phenolic OH excluding ortho intramolecular Hbond substituents is 1. The first kappa shape index (κ1) is 19.4. The maximum absolute atomic E-state index is 13.7. The van der Waals surface area contributed by atoms with Gasteiger partial charge in [-0.2, -0.15) is 26.3 Å². The predicted molar refractivity (Wildman–Crippen MR) is 76.1 cm³/mol. The van der Waals surface area contributed by atoms with Gasteiger partial charge in [-0.1, -0.05) is 24.3 Å². The molecule has 0 aromatic heterocycles. The Morgan fingerprint density at radius 2 is 1.15 bits per heavy atom. The van der Waals surface area contributed by atoms with Gasteiger partial charge < -0.3 is 14.9 Å². The van der Waals surface area contributed by atoms with E-state index in [1.165, 1.54) is 0 Å². The van der Waals surface area contributed by atoms with Crippen molar-refractivity contribution in [2.24, 2.45) is 0 Å². The fourth-order valence-corrected chi connectivity index (χ4v) is 2.57. The Morgan fingerprint density at radius 1 is 0.769 bits per heavy atom. The van der Waals surface area contributed by atoms with Gasteiger partial charge in [0.2, 0.25) is 5.41 Å². The fourth-order valence-electron chi connectivity index (χ4n) is 2.57. The maximum atomic E-state index is 13.7. The van der Waals surface area contributed by atoms with Crippen LogP contribution in [0.3, 0.4) is 0 Å². The van der Waals surface area contributed by atoms with Gasteiger partial charge >= 0.3 is 18.5 Å². The average Bonchev–Trinajstić information content (AvgIpc) is 2.48. The van der Waals surface area contributed by atoms with Gasteiger partial charge in [0.15, 0.2) is 0 Å². The highest BCUT2D eigenvalue weighted by atomic mass is 19.4. The molecule has 0 unspecified atom stereocenters. The van der Waals surface area contributed by atoms with E-state index in [4.69, 9.17) is 5.11 Å². The molecule has 0 aliphatic carbocycles. The second-order valence-electron chi connectivity index (χ2n) is 5.18. The number of carbonyl (C=O) groups is 1. The molecular formula is C16H10F6O4. The van der Waals surface area contributed by atoms with Crippen molar-refractivity contribution in [3.05, 3.63) is 59.7 Å². The molecule has 0 saturated carbocycles. The van der Waals surface area contributed by atoms with Crippen molar-refractivity contribution in [2.45, 2.75) is 17.8 Å². The number of ether oxygens (including phenoxy) is 1. The molecule has 0 saturated heterocycles. The molecule has 2 N–H and O–H groups in total. The number of aromatic hydroxyl groups is 1. The smallest absolute Gasteiger partial charge is 0.508 e. The average molecular weight is 380 g/mol. The van der Waals surface area contributed by atoms with Crippen molar-refractivity contribution in [2.75, 3.05) is 0 Å². The first-order valence-corrected chi connectivity index (χ1v) is 6.84. The van der Waals surface area contributed by atoms with Gasteiger partial charge in [-0.05, 0) is 35.4 Å². The molecule has 2 aromatic rings. The highest BCUT2D eigenvalue weighted by molar-refractivity contribution is 5.61. The molecule has 0 bridgehead atoms. The second-order valence-corrected chi connectivity index (χ2v) is 5.18. The molecule has 0 fully saturated rings. The van der Waals surface area contributed by atoms with E-state index in [-0.39, 0.29) is 0 Å². The number of benzene rings is 2. The lowest BCUT2D eigenvalue weighted by Crippen LogP contribution is -2.54. The normalized spacial score (nSPS) is 12.7. The molecule has 4 nitrogen and oxygen atoms in total. The van der Waals surface area contributed by atoms with E-state index >= 15 is 0 Å². The van der Waals surface area contributed by atoms with Crippen LogP contribution in [-0.4, -0.2) is 28.7 Å². The highest BCUT2D eigenvalue weighted by Crippen LogP contribution is 2.56. The van der Waals surface area contributed by atoms with Crippen molar-refractivity contribution in [1.82, 2.24) is 0 Å². The quantitative estimate of drug-likeness (QED) is 0.453. The van der Waals surface area contributed by atoms with Gasteiger partial charge in [-0.3, -0.25) is 0 Å². The molecule has 0 aliphatic heterocycles. The van der Waals surface area contributed by atoms with Crippen LogP contribution in [0, 0.1) is 0 Å². The van der Waals surface area contributed by atoms with E-state index < -0.39 is 46.5 Å². The van der Waals surface area contributed by atoms with Crippen LogP contribution in [0.1, 0.15) is 11.1 Å². The highest BCUT2D eigenvalue weighted by Gasteiger charge is 2.72. The summed E-state index contributed by atoms with van der Waals surface area (Å²) in [6.45, 7) is 0. The summed E-state index contributed by atoms with van der Waals surface area (Å²) in [4.78, 5) is 10.4. The molecule has 2 rings (SSSR count). The Balaban J connectivity index is 2.75. The lowest BCUT2D eigenvalue weighted by Gasteiger charge is -2.38. The molecule has 10 heteroatoms. The van der Waals surface area contributed by atoms with E-state index in [9.17, 15) is 36.2 Å². The molecule has 140 valence electrons. The second kappa shape index (κ2) is 6.43. The van der Waals surface area contributed by atoms with Crippen molar-refractivity contribution in [3.63, 3.8) is 0 Å². The fraction of sp³-hybridized carbons (Fsp3) is 0.188. The minimum Gasteiger partial charge on any atom is -0.508 e. The van der Waals surface area contributed by atoms with Crippen LogP contribution in [0.4, 0.5) is 31.1 Å². The molecule has 0 amide bonds. The van der Waals surface area contributed by atoms with Crippen molar-refractivity contribution in [1.29, 1.82) is 0 Å². The Hall–Kier alpha value is -2.91. The monoisotopic (exact) mass is 380 g/mol. The molecule has 2 aromatic carbocycles. The molecule has 0 aliphatic rings. The van der Waals surface area contributed by atoms with E-state index in [0.29, 0.717) is 48.5 Å². The Morgan fingerprint density at radius 3 is 1.50 bits per heavy atom. The summed E-state index contributed by atoms with van der Waals surface area (Å²) >= 11 is 0. The lowest BCUT2D eigenvalue weighted by atomic mass is 9.73. The Kier molecular flexibility index (Phi) is 4.80.